The van der Waals surface area contributed by atoms with Gasteiger partial charge >= 0.3 is 5.97 Å². The third-order valence-corrected chi connectivity index (χ3v) is 3.85. The number of thiophene rings is 1. The van der Waals surface area contributed by atoms with Crippen LogP contribution in [0.3, 0.4) is 0 Å². The summed E-state index contributed by atoms with van der Waals surface area (Å²) in [6.45, 7) is 0.505. The average Bonchev–Trinajstić information content (AvgIpc) is 3.09. The molecular weight excluding hydrogens is 296 g/mol. The largest absolute Gasteiger partial charge is 0.481 e. The van der Waals surface area contributed by atoms with Gasteiger partial charge in [0.1, 0.15) is 5.92 Å². The average molecular weight is 312 g/mol. The first-order chi connectivity index (χ1) is 10.1. The number of rotatable bonds is 6. The van der Waals surface area contributed by atoms with Gasteiger partial charge in [0.2, 0.25) is 5.91 Å². The Morgan fingerprint density at radius 3 is 2.86 bits per heavy atom. The SMILES string of the molecule is O=C(CCNC(=O)c1ccsc1)NC1COCC1C(=O)O. The smallest absolute Gasteiger partial charge is 0.311 e. The second-order valence-electron chi connectivity index (χ2n) is 4.67. The normalized spacial score (nSPS) is 21.0. The lowest BCUT2D eigenvalue weighted by Crippen LogP contribution is -2.43. The van der Waals surface area contributed by atoms with E-state index in [9.17, 15) is 14.4 Å². The van der Waals surface area contributed by atoms with E-state index in [0.29, 0.717) is 5.56 Å². The molecule has 0 bridgehead atoms. The maximum atomic E-state index is 11.7. The lowest BCUT2D eigenvalue weighted by atomic mass is 10.0. The molecule has 1 saturated heterocycles. The Kier molecular flexibility index (Phi) is 5.29. The van der Waals surface area contributed by atoms with Gasteiger partial charge in [-0.1, -0.05) is 0 Å². The highest BCUT2D eigenvalue weighted by Crippen LogP contribution is 2.13. The minimum absolute atomic E-state index is 0.0959. The van der Waals surface area contributed by atoms with Gasteiger partial charge < -0.3 is 20.5 Å². The molecule has 0 radical (unpaired) electrons. The van der Waals surface area contributed by atoms with Crippen LogP contribution in [0.15, 0.2) is 16.8 Å². The molecule has 2 heterocycles. The second-order valence-corrected chi connectivity index (χ2v) is 5.45. The molecule has 0 spiro atoms. The van der Waals surface area contributed by atoms with Crippen LogP contribution in [0, 0.1) is 5.92 Å². The lowest BCUT2D eigenvalue weighted by molar-refractivity contribution is -0.142. The minimum atomic E-state index is -0.983. The fourth-order valence-corrected chi connectivity index (χ4v) is 2.64. The van der Waals surface area contributed by atoms with Crippen molar-refractivity contribution in [2.24, 2.45) is 5.92 Å². The number of hydrogen-bond acceptors (Lipinski definition) is 5. The molecule has 1 aromatic heterocycles. The molecular formula is C13H16N2O5S. The van der Waals surface area contributed by atoms with Crippen LogP contribution >= 0.6 is 11.3 Å². The summed E-state index contributed by atoms with van der Waals surface area (Å²) in [7, 11) is 0. The fraction of sp³-hybridized carbons (Fsp3) is 0.462. The summed E-state index contributed by atoms with van der Waals surface area (Å²) in [5, 5.41) is 17.7. The molecule has 3 N–H and O–H groups in total. The zero-order valence-corrected chi connectivity index (χ0v) is 12.0. The lowest BCUT2D eigenvalue weighted by Gasteiger charge is -2.15. The molecule has 0 aromatic carbocycles. The highest BCUT2D eigenvalue weighted by atomic mass is 32.1. The predicted molar refractivity (Wildman–Crippen MR) is 75.1 cm³/mol. The van der Waals surface area contributed by atoms with E-state index in [2.05, 4.69) is 10.6 Å². The molecule has 0 saturated carbocycles. The van der Waals surface area contributed by atoms with Crippen LogP contribution in [0.2, 0.25) is 0 Å². The highest BCUT2D eigenvalue weighted by Gasteiger charge is 2.34. The third-order valence-electron chi connectivity index (χ3n) is 3.17. The van der Waals surface area contributed by atoms with E-state index < -0.39 is 17.9 Å². The van der Waals surface area contributed by atoms with Crippen molar-refractivity contribution in [3.05, 3.63) is 22.4 Å². The Labute approximate surface area is 125 Å². The van der Waals surface area contributed by atoms with Gasteiger partial charge in [-0.05, 0) is 11.4 Å². The Morgan fingerprint density at radius 2 is 2.19 bits per heavy atom. The van der Waals surface area contributed by atoms with E-state index in [1.807, 2.05) is 0 Å². The fourth-order valence-electron chi connectivity index (χ4n) is 2.00. The number of hydrogen-bond donors (Lipinski definition) is 3. The van der Waals surface area contributed by atoms with E-state index in [-0.39, 0.29) is 38.0 Å². The summed E-state index contributed by atoms with van der Waals surface area (Å²) in [5.74, 6) is -2.23. The monoisotopic (exact) mass is 312 g/mol. The summed E-state index contributed by atoms with van der Waals surface area (Å²) < 4.78 is 5.06. The van der Waals surface area contributed by atoms with E-state index in [1.54, 1.807) is 16.8 Å². The third kappa shape index (κ3) is 4.27. The van der Waals surface area contributed by atoms with Crippen molar-refractivity contribution in [3.8, 4) is 0 Å². The Morgan fingerprint density at radius 1 is 1.38 bits per heavy atom. The van der Waals surface area contributed by atoms with Crippen molar-refractivity contribution < 1.29 is 24.2 Å². The minimum Gasteiger partial charge on any atom is -0.481 e. The van der Waals surface area contributed by atoms with E-state index in [4.69, 9.17) is 9.84 Å². The van der Waals surface area contributed by atoms with Crippen LogP contribution in [0.25, 0.3) is 0 Å². The van der Waals surface area contributed by atoms with Gasteiger partial charge in [0, 0.05) is 23.9 Å². The number of nitrogens with one attached hydrogen (secondary N) is 2. The van der Waals surface area contributed by atoms with Gasteiger partial charge in [-0.3, -0.25) is 14.4 Å². The van der Waals surface area contributed by atoms with Crippen LogP contribution in [-0.4, -0.2) is 48.7 Å². The summed E-state index contributed by atoms with van der Waals surface area (Å²) in [6, 6.07) is 1.19. The van der Waals surface area contributed by atoms with Gasteiger partial charge in [0.25, 0.3) is 5.91 Å². The molecule has 1 aliphatic heterocycles. The Balaban J connectivity index is 1.70. The van der Waals surface area contributed by atoms with Gasteiger partial charge in [0.05, 0.1) is 19.3 Å². The molecule has 2 unspecified atom stereocenters. The van der Waals surface area contributed by atoms with Gasteiger partial charge in [-0.15, -0.1) is 0 Å². The number of carbonyl (C=O) groups excluding carboxylic acids is 2. The van der Waals surface area contributed by atoms with Gasteiger partial charge in [-0.2, -0.15) is 11.3 Å². The second kappa shape index (κ2) is 7.19. The molecule has 8 heteroatoms. The van der Waals surface area contributed by atoms with Crippen molar-refractivity contribution >= 4 is 29.1 Å². The number of carbonyl (C=O) groups is 3. The van der Waals surface area contributed by atoms with Crippen molar-refractivity contribution in [1.82, 2.24) is 10.6 Å². The van der Waals surface area contributed by atoms with Crippen molar-refractivity contribution in [1.29, 1.82) is 0 Å². The van der Waals surface area contributed by atoms with Crippen molar-refractivity contribution in [2.45, 2.75) is 12.5 Å². The first kappa shape index (κ1) is 15.5. The maximum absolute atomic E-state index is 11.7. The zero-order chi connectivity index (χ0) is 15.2. The van der Waals surface area contributed by atoms with E-state index >= 15 is 0 Å². The van der Waals surface area contributed by atoms with Crippen molar-refractivity contribution in [3.63, 3.8) is 0 Å². The van der Waals surface area contributed by atoms with Gasteiger partial charge in [-0.25, -0.2) is 0 Å². The number of carboxylic acid groups (broad SMARTS) is 1. The standard InChI is InChI=1S/C13H16N2O5S/c16-11(15-10-6-20-5-9(10)13(18)19)1-3-14-12(17)8-2-4-21-7-8/h2,4,7,9-10H,1,3,5-6H2,(H,14,17)(H,15,16)(H,18,19). The van der Waals surface area contributed by atoms with Crippen LogP contribution in [-0.2, 0) is 14.3 Å². The van der Waals surface area contributed by atoms with Crippen molar-refractivity contribution in [2.75, 3.05) is 19.8 Å². The zero-order valence-electron chi connectivity index (χ0n) is 11.2. The topological polar surface area (TPSA) is 105 Å². The molecule has 7 nitrogen and oxygen atoms in total. The molecule has 2 amide bonds. The molecule has 114 valence electrons. The van der Waals surface area contributed by atoms with Crippen LogP contribution in [0.1, 0.15) is 16.8 Å². The molecule has 2 rings (SSSR count). The molecule has 21 heavy (non-hydrogen) atoms. The highest BCUT2D eigenvalue weighted by molar-refractivity contribution is 7.08. The summed E-state index contributed by atoms with van der Waals surface area (Å²) in [6.07, 6.45) is 0.0959. The summed E-state index contributed by atoms with van der Waals surface area (Å²) in [5.41, 5.74) is 0.565. The first-order valence-electron chi connectivity index (χ1n) is 6.48. The summed E-state index contributed by atoms with van der Waals surface area (Å²) >= 11 is 1.42. The maximum Gasteiger partial charge on any atom is 0.311 e. The Hall–Kier alpha value is -1.93. The molecule has 2 atom stereocenters. The number of ether oxygens (including phenoxy) is 1. The van der Waals surface area contributed by atoms with Gasteiger partial charge in [0.15, 0.2) is 0 Å². The van der Waals surface area contributed by atoms with Crippen LogP contribution < -0.4 is 10.6 Å². The number of carboxylic acids is 1. The van der Waals surface area contributed by atoms with E-state index in [0.717, 1.165) is 0 Å². The van der Waals surface area contributed by atoms with Crippen LogP contribution in [0.5, 0.6) is 0 Å². The molecule has 1 fully saturated rings. The molecule has 0 aliphatic carbocycles. The molecule has 1 aliphatic rings. The van der Waals surface area contributed by atoms with E-state index in [1.165, 1.54) is 11.3 Å². The summed E-state index contributed by atoms with van der Waals surface area (Å²) in [4.78, 5) is 34.3. The first-order valence-corrected chi connectivity index (χ1v) is 7.42. The number of aliphatic carboxylic acids is 1. The quantitative estimate of drug-likeness (QED) is 0.690. The van der Waals surface area contributed by atoms with Crippen LogP contribution in [0.4, 0.5) is 0 Å². The predicted octanol–water partition coefficient (Wildman–Crippen LogP) is 0.0838. The Bertz CT molecular complexity index is 517. The molecule has 1 aromatic rings. The number of amides is 2.